The lowest BCUT2D eigenvalue weighted by atomic mass is 9.98. The van der Waals surface area contributed by atoms with E-state index in [0.717, 1.165) is 22.4 Å². The SMILES string of the molecule is N#CC(CC1c2ccccc2-c2cncn21)Nc1ccc2ccoc2c1. The highest BCUT2D eigenvalue weighted by Gasteiger charge is 2.30. The van der Waals surface area contributed by atoms with Crippen molar-refractivity contribution in [3.63, 3.8) is 0 Å². The number of nitrogens with one attached hydrogen (secondary N) is 1. The molecule has 0 radical (unpaired) electrons. The number of nitrogens with zero attached hydrogens (tertiary/aromatic N) is 3. The van der Waals surface area contributed by atoms with Gasteiger partial charge in [-0.3, -0.25) is 0 Å². The van der Waals surface area contributed by atoms with E-state index in [1.54, 1.807) is 6.26 Å². The lowest BCUT2D eigenvalue weighted by molar-refractivity contribution is 0.548. The maximum absolute atomic E-state index is 9.71. The molecule has 1 N–H and O–H groups in total. The summed E-state index contributed by atoms with van der Waals surface area (Å²) in [5, 5.41) is 14.1. The second kappa shape index (κ2) is 5.78. The summed E-state index contributed by atoms with van der Waals surface area (Å²) in [6.45, 7) is 0. The van der Waals surface area contributed by atoms with Crippen molar-refractivity contribution >= 4 is 16.7 Å². The number of benzene rings is 2. The van der Waals surface area contributed by atoms with Gasteiger partial charge in [0.25, 0.3) is 0 Å². The summed E-state index contributed by atoms with van der Waals surface area (Å²) in [7, 11) is 0. The third kappa shape index (κ3) is 2.27. The van der Waals surface area contributed by atoms with Gasteiger partial charge in [-0.15, -0.1) is 0 Å². The lowest BCUT2D eigenvalue weighted by Crippen LogP contribution is -2.22. The van der Waals surface area contributed by atoms with Crippen LogP contribution in [0.2, 0.25) is 0 Å². The van der Waals surface area contributed by atoms with Gasteiger partial charge in [0.05, 0.1) is 36.6 Å². The van der Waals surface area contributed by atoms with Gasteiger partial charge in [-0.05, 0) is 23.8 Å². The van der Waals surface area contributed by atoms with Crippen LogP contribution in [0.25, 0.3) is 22.2 Å². The van der Waals surface area contributed by atoms with E-state index in [1.807, 2.05) is 48.9 Å². The van der Waals surface area contributed by atoms with Crippen molar-refractivity contribution in [1.82, 2.24) is 9.55 Å². The van der Waals surface area contributed by atoms with E-state index in [1.165, 1.54) is 11.1 Å². The maximum Gasteiger partial charge on any atom is 0.135 e. The molecular formula is C21H16N4O. The van der Waals surface area contributed by atoms with Crippen LogP contribution in [-0.2, 0) is 0 Å². The predicted octanol–water partition coefficient (Wildman–Crippen LogP) is 4.59. The van der Waals surface area contributed by atoms with Crippen LogP contribution >= 0.6 is 0 Å². The molecule has 4 aromatic rings. The minimum absolute atomic E-state index is 0.105. The molecule has 1 aliphatic rings. The lowest BCUT2D eigenvalue weighted by Gasteiger charge is -2.20. The van der Waals surface area contributed by atoms with Crippen molar-refractivity contribution in [2.75, 3.05) is 5.32 Å². The third-order valence-electron chi connectivity index (χ3n) is 5.01. The maximum atomic E-state index is 9.71. The molecule has 0 bridgehead atoms. The Morgan fingerprint density at radius 1 is 1.23 bits per heavy atom. The molecule has 2 aromatic heterocycles. The Hall–Kier alpha value is -3.52. The molecule has 0 aliphatic carbocycles. The van der Waals surface area contributed by atoms with Gasteiger partial charge in [0.15, 0.2) is 0 Å². The molecular weight excluding hydrogens is 324 g/mol. The average molecular weight is 340 g/mol. The van der Waals surface area contributed by atoms with Crippen LogP contribution in [0.3, 0.4) is 0 Å². The summed E-state index contributed by atoms with van der Waals surface area (Å²) in [5.41, 5.74) is 5.25. The molecule has 2 aromatic carbocycles. The monoisotopic (exact) mass is 340 g/mol. The van der Waals surface area contributed by atoms with Crippen molar-refractivity contribution < 1.29 is 4.42 Å². The van der Waals surface area contributed by atoms with Crippen LogP contribution in [0.4, 0.5) is 5.69 Å². The fraction of sp³-hybridized carbons (Fsp3) is 0.143. The molecule has 1 aliphatic heterocycles. The molecule has 0 amide bonds. The number of fused-ring (bicyclic) bond motifs is 4. The molecule has 0 fully saturated rings. The first kappa shape index (κ1) is 14.8. The van der Waals surface area contributed by atoms with Crippen LogP contribution in [0.15, 0.2) is 71.7 Å². The number of hydrogen-bond acceptors (Lipinski definition) is 4. The smallest absolute Gasteiger partial charge is 0.135 e. The van der Waals surface area contributed by atoms with Gasteiger partial charge in [0, 0.05) is 29.1 Å². The van der Waals surface area contributed by atoms with E-state index in [-0.39, 0.29) is 12.1 Å². The number of nitriles is 1. The van der Waals surface area contributed by atoms with Crippen molar-refractivity contribution in [3.8, 4) is 17.3 Å². The van der Waals surface area contributed by atoms with Crippen molar-refractivity contribution in [2.45, 2.75) is 18.5 Å². The van der Waals surface area contributed by atoms with Gasteiger partial charge in [0.2, 0.25) is 0 Å². The summed E-state index contributed by atoms with van der Waals surface area (Å²) >= 11 is 0. The Kier molecular flexibility index (Phi) is 3.29. The molecule has 126 valence electrons. The molecule has 26 heavy (non-hydrogen) atoms. The average Bonchev–Trinajstić information content (AvgIpc) is 3.38. The fourth-order valence-electron chi connectivity index (χ4n) is 3.79. The molecule has 3 heterocycles. The van der Waals surface area contributed by atoms with Gasteiger partial charge in [-0.25, -0.2) is 4.98 Å². The summed E-state index contributed by atoms with van der Waals surface area (Å²) in [6, 6.07) is 18.3. The quantitative estimate of drug-likeness (QED) is 0.590. The van der Waals surface area contributed by atoms with Crippen LogP contribution < -0.4 is 5.32 Å². The van der Waals surface area contributed by atoms with Gasteiger partial charge >= 0.3 is 0 Å². The minimum Gasteiger partial charge on any atom is -0.464 e. The second-order valence-electron chi connectivity index (χ2n) is 6.52. The first-order chi connectivity index (χ1) is 12.8. The number of aromatic nitrogens is 2. The Morgan fingerprint density at radius 2 is 2.15 bits per heavy atom. The Balaban J connectivity index is 1.43. The number of imidazole rings is 1. The molecule has 5 rings (SSSR count). The normalized spacial score (nSPS) is 16.0. The second-order valence-corrected chi connectivity index (χ2v) is 6.52. The standard InChI is InChI=1S/C21H16N4O/c22-11-16(24-15-6-5-14-7-8-26-21(14)10-15)9-19-17-3-1-2-4-18(17)20-12-23-13-25(19)20/h1-8,10,12-13,16,19,24H,9H2. The Morgan fingerprint density at radius 3 is 3.08 bits per heavy atom. The molecule has 0 saturated heterocycles. The van der Waals surface area contributed by atoms with Gasteiger partial charge in [-0.2, -0.15) is 5.26 Å². The first-order valence-electron chi connectivity index (χ1n) is 8.58. The zero-order valence-corrected chi connectivity index (χ0v) is 14.0. The van der Waals surface area contributed by atoms with Crippen LogP contribution in [-0.4, -0.2) is 15.6 Å². The van der Waals surface area contributed by atoms with E-state index in [2.05, 4.69) is 33.1 Å². The van der Waals surface area contributed by atoms with Gasteiger partial charge < -0.3 is 14.3 Å². The molecule has 2 unspecified atom stereocenters. The minimum atomic E-state index is -0.325. The van der Waals surface area contributed by atoms with Crippen LogP contribution in [0, 0.1) is 11.3 Å². The summed E-state index contributed by atoms with van der Waals surface area (Å²) in [5.74, 6) is 0. The van der Waals surface area contributed by atoms with Gasteiger partial charge in [0.1, 0.15) is 11.6 Å². The van der Waals surface area contributed by atoms with Crippen molar-refractivity contribution in [1.29, 1.82) is 5.26 Å². The third-order valence-corrected chi connectivity index (χ3v) is 5.01. The number of rotatable bonds is 4. The molecule has 5 nitrogen and oxygen atoms in total. The van der Waals surface area contributed by atoms with E-state index in [9.17, 15) is 5.26 Å². The Bertz CT molecular complexity index is 1130. The van der Waals surface area contributed by atoms with E-state index in [0.29, 0.717) is 6.42 Å². The van der Waals surface area contributed by atoms with Crippen molar-refractivity contribution in [2.24, 2.45) is 0 Å². The molecule has 0 saturated carbocycles. The van der Waals surface area contributed by atoms with E-state index < -0.39 is 0 Å². The van der Waals surface area contributed by atoms with E-state index >= 15 is 0 Å². The predicted molar refractivity (Wildman–Crippen MR) is 99.7 cm³/mol. The Labute approximate surface area is 150 Å². The fourth-order valence-corrected chi connectivity index (χ4v) is 3.79. The topological polar surface area (TPSA) is 66.8 Å². The highest BCUT2D eigenvalue weighted by atomic mass is 16.3. The number of hydrogen-bond donors (Lipinski definition) is 1. The van der Waals surface area contributed by atoms with E-state index in [4.69, 9.17) is 4.42 Å². The first-order valence-corrected chi connectivity index (χ1v) is 8.58. The van der Waals surface area contributed by atoms with Crippen LogP contribution in [0.5, 0.6) is 0 Å². The number of furan rings is 1. The van der Waals surface area contributed by atoms with Crippen molar-refractivity contribution in [3.05, 3.63) is 72.9 Å². The van der Waals surface area contributed by atoms with Gasteiger partial charge in [-0.1, -0.05) is 24.3 Å². The van der Waals surface area contributed by atoms with Crippen LogP contribution in [0.1, 0.15) is 18.0 Å². The number of anilines is 1. The molecule has 5 heteroatoms. The highest BCUT2D eigenvalue weighted by Crippen LogP contribution is 2.41. The molecule has 0 spiro atoms. The zero-order valence-electron chi connectivity index (χ0n) is 14.0. The zero-order chi connectivity index (χ0) is 17.5. The molecule has 2 atom stereocenters. The summed E-state index contributed by atoms with van der Waals surface area (Å²) in [6.07, 6.45) is 6.07. The highest BCUT2D eigenvalue weighted by molar-refractivity contribution is 5.80. The largest absolute Gasteiger partial charge is 0.464 e. The summed E-state index contributed by atoms with van der Waals surface area (Å²) < 4.78 is 7.61. The summed E-state index contributed by atoms with van der Waals surface area (Å²) in [4.78, 5) is 4.29.